The molecule has 0 aliphatic rings. The monoisotopic (exact) mass is 357 g/mol. The van der Waals surface area contributed by atoms with Crippen LogP contribution in [0.5, 0.6) is 0 Å². The fourth-order valence-corrected chi connectivity index (χ4v) is 3.27. The van der Waals surface area contributed by atoms with E-state index in [-0.39, 0.29) is 18.0 Å². The number of hydrogen-bond donors (Lipinski definition) is 1. The number of benzene rings is 2. The maximum Gasteiger partial charge on any atom is 0.129 e. The summed E-state index contributed by atoms with van der Waals surface area (Å²) in [6.07, 6.45) is 0.194. The Morgan fingerprint density at radius 3 is 2.40 bits per heavy atom. The quantitative estimate of drug-likeness (QED) is 0.803. The first-order valence-electron chi connectivity index (χ1n) is 6.13. The topological polar surface area (TPSA) is 26.0 Å². The Labute approximate surface area is 129 Å². The molecule has 0 saturated heterocycles. The largest absolute Gasteiger partial charge is 0.327 e. The zero-order valence-corrected chi connectivity index (χ0v) is 13.1. The molecule has 2 aromatic rings. The Kier molecular flexibility index (Phi) is 5.57. The van der Waals surface area contributed by atoms with E-state index in [0.717, 1.165) is 9.37 Å². The van der Waals surface area contributed by atoms with Crippen molar-refractivity contribution < 1.29 is 8.78 Å². The molecule has 0 heterocycles. The second-order valence-corrected chi connectivity index (χ2v) is 6.44. The third-order valence-electron chi connectivity index (χ3n) is 2.79. The molecule has 0 spiro atoms. The summed E-state index contributed by atoms with van der Waals surface area (Å²) < 4.78 is 28.0. The van der Waals surface area contributed by atoms with E-state index < -0.39 is 11.6 Å². The van der Waals surface area contributed by atoms with Crippen molar-refractivity contribution in [1.82, 2.24) is 0 Å². The van der Waals surface area contributed by atoms with Gasteiger partial charge >= 0.3 is 0 Å². The molecule has 0 bridgehead atoms. The van der Waals surface area contributed by atoms with Crippen molar-refractivity contribution >= 4 is 27.7 Å². The van der Waals surface area contributed by atoms with Crippen LogP contribution in [-0.2, 0) is 6.42 Å². The van der Waals surface area contributed by atoms with Gasteiger partial charge in [0.1, 0.15) is 11.6 Å². The molecule has 2 rings (SSSR count). The highest BCUT2D eigenvalue weighted by atomic mass is 79.9. The van der Waals surface area contributed by atoms with Crippen molar-refractivity contribution in [3.8, 4) is 0 Å². The van der Waals surface area contributed by atoms with Crippen LogP contribution >= 0.6 is 27.7 Å². The lowest BCUT2D eigenvalue weighted by Gasteiger charge is -2.12. The lowest BCUT2D eigenvalue weighted by Crippen LogP contribution is -2.26. The molecule has 1 unspecified atom stereocenters. The van der Waals surface area contributed by atoms with Crippen LogP contribution in [0.25, 0.3) is 0 Å². The number of halogens is 3. The molecule has 0 saturated carbocycles. The van der Waals surface area contributed by atoms with E-state index >= 15 is 0 Å². The van der Waals surface area contributed by atoms with Crippen molar-refractivity contribution in [2.24, 2.45) is 5.73 Å². The summed E-state index contributed by atoms with van der Waals surface area (Å²) in [6.45, 7) is 0. The molecule has 5 heteroatoms. The maximum atomic E-state index is 13.5. The molecule has 0 fully saturated rings. The molecule has 0 amide bonds. The van der Waals surface area contributed by atoms with E-state index in [9.17, 15) is 8.78 Å². The van der Waals surface area contributed by atoms with Gasteiger partial charge in [-0.3, -0.25) is 0 Å². The van der Waals surface area contributed by atoms with Gasteiger partial charge in [-0.15, -0.1) is 11.8 Å². The zero-order valence-electron chi connectivity index (χ0n) is 10.7. The van der Waals surface area contributed by atoms with Crippen molar-refractivity contribution in [1.29, 1.82) is 0 Å². The van der Waals surface area contributed by atoms with E-state index in [1.807, 2.05) is 24.3 Å². The van der Waals surface area contributed by atoms with Crippen molar-refractivity contribution in [2.75, 3.05) is 5.75 Å². The van der Waals surface area contributed by atoms with Gasteiger partial charge in [-0.2, -0.15) is 0 Å². The standard InChI is InChI=1S/C15H14BrF2NS/c16-10-3-1-4-12(7-10)20-9-11(19)8-13-14(17)5-2-6-15(13)18/h1-7,11H,8-9,19H2. The van der Waals surface area contributed by atoms with Gasteiger partial charge in [0.05, 0.1) is 0 Å². The van der Waals surface area contributed by atoms with Gasteiger partial charge in [-0.1, -0.05) is 28.1 Å². The van der Waals surface area contributed by atoms with Crippen LogP contribution in [0.4, 0.5) is 8.78 Å². The van der Waals surface area contributed by atoms with Crippen LogP contribution in [-0.4, -0.2) is 11.8 Å². The summed E-state index contributed by atoms with van der Waals surface area (Å²) in [5.41, 5.74) is 6.03. The Bertz CT molecular complexity index is 572. The minimum Gasteiger partial charge on any atom is -0.327 e. The molecule has 0 aliphatic heterocycles. The van der Waals surface area contributed by atoms with Crippen molar-refractivity contribution in [3.05, 3.63) is 64.1 Å². The molecule has 0 aromatic heterocycles. The van der Waals surface area contributed by atoms with Gasteiger partial charge in [-0.05, 0) is 36.8 Å². The summed E-state index contributed by atoms with van der Waals surface area (Å²) in [5.74, 6) is -0.467. The predicted octanol–water partition coefficient (Wildman–Crippen LogP) is 4.39. The highest BCUT2D eigenvalue weighted by Gasteiger charge is 2.13. The van der Waals surface area contributed by atoms with Crippen LogP contribution in [0.15, 0.2) is 51.8 Å². The molecule has 20 heavy (non-hydrogen) atoms. The average Bonchev–Trinajstić information content (AvgIpc) is 2.41. The Balaban J connectivity index is 1.94. The molecule has 1 atom stereocenters. The normalized spacial score (nSPS) is 12.4. The van der Waals surface area contributed by atoms with Crippen molar-refractivity contribution in [2.45, 2.75) is 17.4 Å². The number of hydrogen-bond acceptors (Lipinski definition) is 2. The third kappa shape index (κ3) is 4.30. The van der Waals surface area contributed by atoms with Gasteiger partial charge in [-0.25, -0.2) is 8.78 Å². The summed E-state index contributed by atoms with van der Waals surface area (Å²) >= 11 is 4.97. The fraction of sp³-hybridized carbons (Fsp3) is 0.200. The van der Waals surface area contributed by atoms with E-state index in [2.05, 4.69) is 15.9 Å². The summed E-state index contributed by atoms with van der Waals surface area (Å²) in [5, 5.41) is 0. The van der Waals surface area contributed by atoms with Gasteiger partial charge in [0.2, 0.25) is 0 Å². The van der Waals surface area contributed by atoms with Gasteiger partial charge in [0.15, 0.2) is 0 Å². The first kappa shape index (κ1) is 15.5. The highest BCUT2D eigenvalue weighted by Crippen LogP contribution is 2.23. The zero-order chi connectivity index (χ0) is 14.5. The number of nitrogens with two attached hydrogens (primary N) is 1. The van der Waals surface area contributed by atoms with Gasteiger partial charge in [0.25, 0.3) is 0 Å². The molecule has 0 aliphatic carbocycles. The molecular formula is C15H14BrF2NS. The first-order chi connectivity index (χ1) is 9.56. The Hall–Kier alpha value is -0.910. The molecule has 106 valence electrons. The number of thioether (sulfide) groups is 1. The van der Waals surface area contributed by atoms with Crippen molar-refractivity contribution in [3.63, 3.8) is 0 Å². The number of rotatable bonds is 5. The third-order valence-corrected chi connectivity index (χ3v) is 4.46. The van der Waals surface area contributed by atoms with E-state index in [0.29, 0.717) is 5.75 Å². The highest BCUT2D eigenvalue weighted by molar-refractivity contribution is 9.10. The first-order valence-corrected chi connectivity index (χ1v) is 7.91. The lowest BCUT2D eigenvalue weighted by molar-refractivity contribution is 0.543. The molecule has 2 aromatic carbocycles. The summed E-state index contributed by atoms with van der Waals surface area (Å²) in [4.78, 5) is 1.07. The summed E-state index contributed by atoms with van der Waals surface area (Å²) in [6, 6.07) is 11.4. The summed E-state index contributed by atoms with van der Waals surface area (Å²) in [7, 11) is 0. The Morgan fingerprint density at radius 1 is 1.10 bits per heavy atom. The second-order valence-electron chi connectivity index (χ2n) is 4.43. The van der Waals surface area contributed by atoms with Gasteiger partial charge < -0.3 is 5.73 Å². The van der Waals surface area contributed by atoms with E-state index in [1.54, 1.807) is 11.8 Å². The lowest BCUT2D eigenvalue weighted by atomic mass is 10.1. The second kappa shape index (κ2) is 7.20. The minimum atomic E-state index is -0.534. The van der Waals surface area contributed by atoms with E-state index in [1.165, 1.54) is 18.2 Å². The van der Waals surface area contributed by atoms with Crippen LogP contribution in [0, 0.1) is 11.6 Å². The maximum absolute atomic E-state index is 13.5. The molecule has 0 radical (unpaired) electrons. The SMILES string of the molecule is NC(CSc1cccc(Br)c1)Cc1c(F)cccc1F. The van der Waals surface area contributed by atoms with Crippen LogP contribution in [0.3, 0.4) is 0 Å². The minimum absolute atomic E-state index is 0.0647. The molecular weight excluding hydrogens is 344 g/mol. The average molecular weight is 358 g/mol. The van der Waals surface area contributed by atoms with E-state index in [4.69, 9.17) is 5.73 Å². The Morgan fingerprint density at radius 2 is 1.75 bits per heavy atom. The molecule has 1 nitrogen and oxygen atoms in total. The van der Waals surface area contributed by atoms with Gasteiger partial charge in [0, 0.05) is 26.7 Å². The van der Waals surface area contributed by atoms with Crippen LogP contribution in [0.1, 0.15) is 5.56 Å². The predicted molar refractivity (Wildman–Crippen MR) is 82.9 cm³/mol. The molecule has 2 N–H and O–H groups in total. The fourth-order valence-electron chi connectivity index (χ4n) is 1.81. The smallest absolute Gasteiger partial charge is 0.129 e. The van der Waals surface area contributed by atoms with Crippen LogP contribution < -0.4 is 5.73 Å². The van der Waals surface area contributed by atoms with Crippen LogP contribution in [0.2, 0.25) is 0 Å².